The van der Waals surface area contributed by atoms with Crippen LogP contribution in [0.2, 0.25) is 0 Å². The first-order chi connectivity index (χ1) is 17.3. The molecule has 0 fully saturated rings. The zero-order valence-electron chi connectivity index (χ0n) is 21.0. The summed E-state index contributed by atoms with van der Waals surface area (Å²) in [6.45, 7) is 5.38. The van der Waals surface area contributed by atoms with Gasteiger partial charge in [0.2, 0.25) is 11.8 Å². The van der Waals surface area contributed by atoms with Gasteiger partial charge in [0.15, 0.2) is 0 Å². The molecule has 0 radical (unpaired) electrons. The van der Waals surface area contributed by atoms with Crippen LogP contribution in [-0.2, 0) is 27.3 Å². The Labute approximate surface area is 212 Å². The first kappa shape index (κ1) is 27.6. The topological polar surface area (TPSA) is 135 Å². The molecule has 2 bridgehead atoms. The van der Waals surface area contributed by atoms with Crippen LogP contribution < -0.4 is 26.4 Å². The van der Waals surface area contributed by atoms with E-state index in [2.05, 4.69) is 16.0 Å². The van der Waals surface area contributed by atoms with Gasteiger partial charge in [0.25, 0.3) is 0 Å². The molecule has 4 atom stereocenters. The highest BCUT2D eigenvalue weighted by molar-refractivity contribution is 5.90. The zero-order valence-corrected chi connectivity index (χ0v) is 21.0. The maximum Gasteiger partial charge on any atom is 0.242 e. The van der Waals surface area contributed by atoms with E-state index in [9.17, 15) is 14.7 Å². The quantitative estimate of drug-likeness (QED) is 0.410. The highest BCUT2D eigenvalue weighted by atomic mass is 16.5. The fraction of sp³-hybridized carbons (Fsp3) is 0.481. The molecule has 3 rings (SSSR count). The zero-order chi connectivity index (χ0) is 25.9. The lowest BCUT2D eigenvalue weighted by Gasteiger charge is -2.30. The van der Waals surface area contributed by atoms with Gasteiger partial charge in [-0.05, 0) is 35.6 Å². The summed E-state index contributed by atoms with van der Waals surface area (Å²) in [6.07, 6.45) is -0.804. The summed E-state index contributed by atoms with van der Waals surface area (Å²) >= 11 is 0. The van der Waals surface area contributed by atoms with E-state index in [0.29, 0.717) is 45.1 Å². The Kier molecular flexibility index (Phi) is 10.7. The number of aliphatic hydroxyl groups is 1. The summed E-state index contributed by atoms with van der Waals surface area (Å²) in [5.74, 6) is -0.292. The Bertz CT molecular complexity index is 972. The summed E-state index contributed by atoms with van der Waals surface area (Å²) in [4.78, 5) is 26.2. The van der Waals surface area contributed by atoms with Crippen molar-refractivity contribution in [2.45, 2.75) is 51.0 Å². The second kappa shape index (κ2) is 13.9. The SMILES string of the molecule is CC(C)[C@@H]1NC(=O)[C@@H]([C@H](O)[C@@H](N)Cc2ccccc2)NCc2cccc(c2)OCCOCCNC1=O. The molecular weight excluding hydrogens is 460 g/mol. The number of hydrogen-bond acceptors (Lipinski definition) is 7. The largest absolute Gasteiger partial charge is 0.491 e. The number of nitrogens with two attached hydrogens (primary N) is 1. The van der Waals surface area contributed by atoms with Crippen LogP contribution in [0.25, 0.3) is 0 Å². The van der Waals surface area contributed by atoms with E-state index in [1.165, 1.54) is 0 Å². The van der Waals surface area contributed by atoms with Crippen molar-refractivity contribution in [3.05, 3.63) is 65.7 Å². The standard InChI is InChI=1S/C27H38N4O5/c1-18(2)23-26(33)29-11-12-35-13-14-36-21-10-6-9-20(15-21)17-30-24(27(34)31-23)25(32)22(28)16-19-7-4-3-5-8-19/h3-10,15,18,22-25,30,32H,11-14,16-17,28H2,1-2H3,(H,29,33)(H,31,34)/t22-,23-,24+,25+/m0/s1. The van der Waals surface area contributed by atoms with Gasteiger partial charge in [0.1, 0.15) is 24.4 Å². The molecule has 9 nitrogen and oxygen atoms in total. The second-order valence-corrected chi connectivity index (χ2v) is 9.33. The molecule has 0 aromatic heterocycles. The number of fused-ring (bicyclic) bond motifs is 2. The fourth-order valence-electron chi connectivity index (χ4n) is 4.05. The van der Waals surface area contributed by atoms with Crippen LogP contribution in [0.4, 0.5) is 0 Å². The third-order valence-electron chi connectivity index (χ3n) is 6.09. The number of carbonyl (C=O) groups excluding carboxylic acids is 2. The Morgan fingerprint density at radius 2 is 1.78 bits per heavy atom. The predicted molar refractivity (Wildman–Crippen MR) is 137 cm³/mol. The average molecular weight is 499 g/mol. The van der Waals surface area contributed by atoms with E-state index < -0.39 is 30.1 Å². The third-order valence-corrected chi connectivity index (χ3v) is 6.09. The van der Waals surface area contributed by atoms with Crippen molar-refractivity contribution in [1.82, 2.24) is 16.0 Å². The number of nitrogens with one attached hydrogen (secondary N) is 3. The summed E-state index contributed by atoms with van der Waals surface area (Å²) in [5.41, 5.74) is 8.19. The molecule has 0 spiro atoms. The van der Waals surface area contributed by atoms with Crippen LogP contribution in [0, 0.1) is 5.92 Å². The minimum atomic E-state index is -1.20. The van der Waals surface area contributed by atoms with Gasteiger partial charge in [0.05, 0.1) is 19.3 Å². The first-order valence-electron chi connectivity index (χ1n) is 12.4. The normalized spacial score (nSPS) is 22.0. The summed E-state index contributed by atoms with van der Waals surface area (Å²) in [7, 11) is 0. The molecular formula is C27H38N4O5. The molecule has 196 valence electrons. The summed E-state index contributed by atoms with van der Waals surface area (Å²) in [5, 5.41) is 20.0. The number of ether oxygens (including phenoxy) is 2. The van der Waals surface area contributed by atoms with E-state index in [0.717, 1.165) is 11.1 Å². The van der Waals surface area contributed by atoms with Crippen molar-refractivity contribution >= 4 is 11.8 Å². The van der Waals surface area contributed by atoms with E-state index in [-0.39, 0.29) is 11.8 Å². The maximum absolute atomic E-state index is 13.4. The number of benzene rings is 2. The molecule has 9 heteroatoms. The highest BCUT2D eigenvalue weighted by Crippen LogP contribution is 2.15. The van der Waals surface area contributed by atoms with Crippen LogP contribution in [0.3, 0.4) is 0 Å². The molecule has 1 heterocycles. The van der Waals surface area contributed by atoms with Gasteiger partial charge in [-0.1, -0.05) is 56.3 Å². The lowest BCUT2D eigenvalue weighted by atomic mass is 9.95. The van der Waals surface area contributed by atoms with Crippen LogP contribution in [0.1, 0.15) is 25.0 Å². The molecule has 6 N–H and O–H groups in total. The van der Waals surface area contributed by atoms with Gasteiger partial charge in [-0.3, -0.25) is 14.9 Å². The minimum Gasteiger partial charge on any atom is -0.491 e. The van der Waals surface area contributed by atoms with E-state index in [1.54, 1.807) is 0 Å². The molecule has 1 aliphatic rings. The first-order valence-corrected chi connectivity index (χ1v) is 12.4. The molecule has 1 aliphatic heterocycles. The molecule has 2 amide bonds. The molecule has 36 heavy (non-hydrogen) atoms. The van der Waals surface area contributed by atoms with E-state index in [1.807, 2.05) is 68.4 Å². The van der Waals surface area contributed by atoms with Crippen molar-refractivity contribution in [3.8, 4) is 5.75 Å². The van der Waals surface area contributed by atoms with Gasteiger partial charge >= 0.3 is 0 Å². The van der Waals surface area contributed by atoms with Crippen LogP contribution in [-0.4, -0.2) is 67.5 Å². The summed E-state index contributed by atoms with van der Waals surface area (Å²) < 4.78 is 11.3. The van der Waals surface area contributed by atoms with Gasteiger partial charge < -0.3 is 30.9 Å². The average Bonchev–Trinajstić information content (AvgIpc) is 2.86. The van der Waals surface area contributed by atoms with Gasteiger partial charge in [-0.2, -0.15) is 0 Å². The van der Waals surface area contributed by atoms with E-state index in [4.69, 9.17) is 15.2 Å². The van der Waals surface area contributed by atoms with Gasteiger partial charge in [0, 0.05) is 19.1 Å². The fourth-order valence-corrected chi connectivity index (χ4v) is 4.05. The monoisotopic (exact) mass is 498 g/mol. The Morgan fingerprint density at radius 1 is 1.00 bits per heavy atom. The smallest absolute Gasteiger partial charge is 0.242 e. The molecule has 2 aromatic rings. The Hall–Kier alpha value is -2.98. The number of amides is 2. The van der Waals surface area contributed by atoms with Crippen molar-refractivity contribution < 1.29 is 24.2 Å². The number of aliphatic hydroxyl groups excluding tert-OH is 1. The van der Waals surface area contributed by atoms with E-state index >= 15 is 0 Å². The van der Waals surface area contributed by atoms with Crippen molar-refractivity contribution in [1.29, 1.82) is 0 Å². The number of hydrogen-bond donors (Lipinski definition) is 5. The number of rotatable bonds is 5. The predicted octanol–water partition coefficient (Wildman–Crippen LogP) is 0.742. The van der Waals surface area contributed by atoms with Crippen molar-refractivity contribution in [2.24, 2.45) is 11.7 Å². The molecule has 0 saturated heterocycles. The lowest BCUT2D eigenvalue weighted by molar-refractivity contribution is -0.133. The Morgan fingerprint density at radius 3 is 2.53 bits per heavy atom. The maximum atomic E-state index is 13.4. The molecule has 0 saturated carbocycles. The van der Waals surface area contributed by atoms with Gasteiger partial charge in [-0.25, -0.2) is 0 Å². The summed E-state index contributed by atoms with van der Waals surface area (Å²) in [6, 6.07) is 14.5. The lowest BCUT2D eigenvalue weighted by Crippen LogP contribution is -2.61. The third kappa shape index (κ3) is 8.30. The highest BCUT2D eigenvalue weighted by Gasteiger charge is 2.34. The van der Waals surface area contributed by atoms with Crippen LogP contribution >= 0.6 is 0 Å². The molecule has 0 unspecified atom stereocenters. The second-order valence-electron chi connectivity index (χ2n) is 9.33. The van der Waals surface area contributed by atoms with Crippen LogP contribution in [0.15, 0.2) is 54.6 Å². The van der Waals surface area contributed by atoms with Crippen molar-refractivity contribution in [3.63, 3.8) is 0 Å². The molecule has 2 aromatic carbocycles. The van der Waals surface area contributed by atoms with Gasteiger partial charge in [-0.15, -0.1) is 0 Å². The number of carbonyl (C=O) groups is 2. The Balaban J connectivity index is 1.83. The minimum absolute atomic E-state index is 0.169. The molecule has 0 aliphatic carbocycles. The van der Waals surface area contributed by atoms with Crippen LogP contribution in [0.5, 0.6) is 5.75 Å². The van der Waals surface area contributed by atoms with Crippen molar-refractivity contribution in [2.75, 3.05) is 26.4 Å².